The average molecular weight is 679 g/mol. The zero-order valence-corrected chi connectivity index (χ0v) is 26.8. The third kappa shape index (κ3) is 3.81. The Balaban J connectivity index is 1.22. The molecule has 0 bridgehead atoms. The van der Waals surface area contributed by atoms with Gasteiger partial charge in [0.2, 0.25) is 0 Å². The average Bonchev–Trinajstić information content (AvgIpc) is 4.09. The minimum Gasteiger partial charge on any atom is -0.456 e. The highest BCUT2D eigenvalue weighted by molar-refractivity contribution is 6.14. The molecule has 52 heavy (non-hydrogen) atoms. The van der Waals surface area contributed by atoms with E-state index in [-0.39, 0.29) is 43.6 Å². The number of aromatic nitrogens is 2. The number of para-hydroxylation sites is 4. The molecule has 0 unspecified atom stereocenters. The predicted molar refractivity (Wildman–Crippen MR) is 215 cm³/mol. The van der Waals surface area contributed by atoms with E-state index in [1.54, 1.807) is 36.4 Å². The third-order valence-corrected chi connectivity index (χ3v) is 9.80. The summed E-state index contributed by atoms with van der Waals surface area (Å²) in [6.45, 7) is 0. The van der Waals surface area contributed by atoms with E-state index in [1.807, 2.05) is 48.5 Å². The van der Waals surface area contributed by atoms with E-state index < -0.39 is 95.7 Å². The van der Waals surface area contributed by atoms with Crippen LogP contribution in [0.5, 0.6) is 0 Å². The van der Waals surface area contributed by atoms with Gasteiger partial charge in [-0.15, -0.1) is 0 Å². The van der Waals surface area contributed by atoms with Crippen molar-refractivity contribution in [2.24, 2.45) is 0 Å². The molecule has 0 N–H and O–H groups in total. The van der Waals surface area contributed by atoms with Gasteiger partial charge in [0.05, 0.1) is 41.3 Å². The maximum atomic E-state index is 9.87. The van der Waals surface area contributed by atoms with Crippen molar-refractivity contribution in [3.63, 3.8) is 0 Å². The standard InChI is InChI=1S/C48H28N2O2/c1-5-13-41-33(9-1)37-25-29(17-21-43(37)49(41)31-19-23-47-39(27-31)35-11-3-7-15-45(35)51-47)30-18-22-44-38(26-30)34-10-2-6-14-42(34)50(44)32-20-24-48-40(28-32)36-12-4-8-16-46(36)52-48/h1-28H/i1D,2D,5D,6D,9D,10D,13D,14D,17D,18D,21D,22D,25D,26D. The zero-order chi connectivity index (χ0) is 46.1. The van der Waals surface area contributed by atoms with Gasteiger partial charge in [-0.05, 0) is 95.9 Å². The third-order valence-electron chi connectivity index (χ3n) is 9.80. The monoisotopic (exact) mass is 678 g/mol. The molecule has 0 saturated heterocycles. The number of nitrogens with zero attached hydrogens (tertiary/aromatic N) is 2. The predicted octanol–water partition coefficient (Wildman–Crippen LogP) is 13.3. The Morgan fingerprint density at radius 1 is 0.365 bits per heavy atom. The van der Waals surface area contributed by atoms with Crippen LogP contribution in [0.25, 0.3) is 110 Å². The van der Waals surface area contributed by atoms with Crippen molar-refractivity contribution in [1.82, 2.24) is 9.13 Å². The van der Waals surface area contributed by atoms with E-state index in [9.17, 15) is 8.22 Å². The summed E-state index contributed by atoms with van der Waals surface area (Å²) < 4.78 is 144. The van der Waals surface area contributed by atoms with Crippen molar-refractivity contribution in [1.29, 1.82) is 0 Å². The summed E-state index contributed by atoms with van der Waals surface area (Å²) in [7, 11) is 0. The Morgan fingerprint density at radius 2 is 0.788 bits per heavy atom. The van der Waals surface area contributed by atoms with Gasteiger partial charge in [-0.1, -0.05) is 84.7 Å². The molecule has 0 spiro atoms. The summed E-state index contributed by atoms with van der Waals surface area (Å²) in [5.41, 5.74) is 1.77. The Kier molecular flexibility index (Phi) is 3.50. The minimum atomic E-state index is -0.634. The first kappa shape index (κ1) is 17.8. The summed E-state index contributed by atoms with van der Waals surface area (Å²) in [5.74, 6) is 0. The highest BCUT2D eigenvalue weighted by Gasteiger charge is 2.18. The molecule has 0 radical (unpaired) electrons. The number of fused-ring (bicyclic) bond motifs is 12. The van der Waals surface area contributed by atoms with Gasteiger partial charge in [0, 0.05) is 54.5 Å². The quantitative estimate of drug-likeness (QED) is 0.186. The fourth-order valence-corrected chi connectivity index (χ4v) is 7.50. The lowest BCUT2D eigenvalue weighted by Gasteiger charge is -2.10. The Hall–Kier alpha value is -7.04. The van der Waals surface area contributed by atoms with Crippen molar-refractivity contribution in [3.05, 3.63) is 170 Å². The van der Waals surface area contributed by atoms with Gasteiger partial charge < -0.3 is 18.0 Å². The summed E-state index contributed by atoms with van der Waals surface area (Å²) in [6.07, 6.45) is 0. The second kappa shape index (κ2) is 10.3. The number of benzene rings is 8. The van der Waals surface area contributed by atoms with Crippen LogP contribution in [0, 0.1) is 0 Å². The Bertz CT molecular complexity index is 3970. The molecule has 0 fully saturated rings. The van der Waals surface area contributed by atoms with Crippen LogP contribution < -0.4 is 0 Å². The molecule has 4 nitrogen and oxygen atoms in total. The van der Waals surface area contributed by atoms with Gasteiger partial charge in [-0.25, -0.2) is 0 Å². The van der Waals surface area contributed by atoms with Crippen LogP contribution in [0.15, 0.2) is 178 Å². The smallest absolute Gasteiger partial charge is 0.135 e. The molecule has 8 aromatic carbocycles. The molecule has 4 heteroatoms. The largest absolute Gasteiger partial charge is 0.456 e. The summed E-state index contributed by atoms with van der Waals surface area (Å²) in [5, 5.41) is 2.30. The van der Waals surface area contributed by atoms with Crippen molar-refractivity contribution >= 4 is 87.5 Å². The molecule has 0 aliphatic heterocycles. The molecule has 0 atom stereocenters. The van der Waals surface area contributed by atoms with Crippen LogP contribution >= 0.6 is 0 Å². The maximum Gasteiger partial charge on any atom is 0.135 e. The summed E-state index contributed by atoms with van der Waals surface area (Å²) in [6, 6.07) is 17.2. The summed E-state index contributed by atoms with van der Waals surface area (Å²) >= 11 is 0. The number of hydrogen-bond donors (Lipinski definition) is 0. The number of rotatable bonds is 3. The molecule has 0 amide bonds. The lowest BCUT2D eigenvalue weighted by atomic mass is 10.0. The molecule has 0 aliphatic carbocycles. The molecule has 0 saturated carbocycles. The van der Waals surface area contributed by atoms with Gasteiger partial charge in [0.15, 0.2) is 0 Å². The van der Waals surface area contributed by atoms with Gasteiger partial charge >= 0.3 is 0 Å². The van der Waals surface area contributed by atoms with Crippen LogP contribution in [0.3, 0.4) is 0 Å². The van der Waals surface area contributed by atoms with Crippen LogP contribution in [-0.4, -0.2) is 9.13 Å². The Labute approximate surface area is 316 Å². The first-order valence-corrected chi connectivity index (χ1v) is 16.5. The number of furan rings is 2. The molecule has 0 aliphatic rings. The molecule has 4 aromatic heterocycles. The lowest BCUT2D eigenvalue weighted by molar-refractivity contribution is 0.668. The van der Waals surface area contributed by atoms with E-state index in [1.165, 1.54) is 9.13 Å². The van der Waals surface area contributed by atoms with E-state index in [0.29, 0.717) is 44.5 Å². The topological polar surface area (TPSA) is 36.1 Å². The SMILES string of the molecule is [2H]c1c([2H])c([2H])c2c(c1[2H])c1c([2H])c(-c3c([2H])c([2H])c4c(c3[2H])c3c([2H])c([2H])c([2H])c([2H])c3n4-c3ccc4oc5ccccc5c4c3)c([2H])c([2H])c1n2-c1ccc2oc3ccccc3c2c1. The van der Waals surface area contributed by atoms with Crippen LogP contribution in [0.1, 0.15) is 19.2 Å². The van der Waals surface area contributed by atoms with E-state index in [0.717, 1.165) is 10.8 Å². The molecular weight excluding hydrogens is 637 g/mol. The van der Waals surface area contributed by atoms with E-state index in [4.69, 9.17) is 19.8 Å². The van der Waals surface area contributed by atoms with Crippen molar-refractivity contribution in [2.75, 3.05) is 0 Å². The fraction of sp³-hybridized carbons (Fsp3) is 0. The molecular formula is C48H28N2O2. The fourth-order valence-electron chi connectivity index (χ4n) is 7.50. The van der Waals surface area contributed by atoms with Crippen LogP contribution in [0.2, 0.25) is 0 Å². The van der Waals surface area contributed by atoms with Gasteiger partial charge in [-0.3, -0.25) is 0 Å². The lowest BCUT2D eigenvalue weighted by Crippen LogP contribution is -1.93. The number of hydrogen-bond acceptors (Lipinski definition) is 2. The first-order chi connectivity index (χ1) is 31.6. The van der Waals surface area contributed by atoms with Crippen molar-refractivity contribution in [2.45, 2.75) is 0 Å². The maximum absolute atomic E-state index is 9.87. The van der Waals surface area contributed by atoms with Gasteiger partial charge in [0.25, 0.3) is 0 Å². The molecule has 12 rings (SSSR count). The summed E-state index contributed by atoms with van der Waals surface area (Å²) in [4.78, 5) is 0. The molecule has 12 aromatic rings. The van der Waals surface area contributed by atoms with Gasteiger partial charge in [0.1, 0.15) is 22.3 Å². The van der Waals surface area contributed by atoms with Crippen molar-refractivity contribution in [3.8, 4) is 22.5 Å². The molecule has 4 heterocycles. The van der Waals surface area contributed by atoms with E-state index >= 15 is 0 Å². The normalized spacial score (nSPS) is 16.0. The van der Waals surface area contributed by atoms with Crippen molar-refractivity contribution < 1.29 is 28.0 Å². The van der Waals surface area contributed by atoms with E-state index in [2.05, 4.69) is 0 Å². The Morgan fingerprint density at radius 3 is 1.29 bits per heavy atom. The highest BCUT2D eigenvalue weighted by atomic mass is 16.3. The second-order valence-electron chi connectivity index (χ2n) is 12.6. The van der Waals surface area contributed by atoms with Crippen LogP contribution in [-0.2, 0) is 0 Å². The zero-order valence-electron chi connectivity index (χ0n) is 40.8. The first-order valence-electron chi connectivity index (χ1n) is 23.5. The minimum absolute atomic E-state index is 0.0723. The highest BCUT2D eigenvalue weighted by Crippen LogP contribution is 2.40. The molecule has 242 valence electrons. The van der Waals surface area contributed by atoms with Crippen LogP contribution in [0.4, 0.5) is 0 Å². The van der Waals surface area contributed by atoms with Gasteiger partial charge in [-0.2, -0.15) is 0 Å². The second-order valence-corrected chi connectivity index (χ2v) is 12.6.